The molecule has 4 aromatic rings. The number of aromatic nitrogens is 2. The Morgan fingerprint density at radius 3 is 2.57 bits per heavy atom. The number of nitrogens with one attached hydrogen (secondary N) is 1. The number of carbonyl (C=O) groups is 1. The number of para-hydroxylation sites is 1. The number of ether oxygens (including phenoxy) is 2. The molecule has 192 valence electrons. The number of methoxy groups -OCH3 is 1. The van der Waals surface area contributed by atoms with E-state index in [-0.39, 0.29) is 17.6 Å². The van der Waals surface area contributed by atoms with Crippen LogP contribution in [-0.4, -0.2) is 33.9 Å². The Bertz CT molecular complexity index is 1480. The summed E-state index contributed by atoms with van der Waals surface area (Å²) in [4.78, 5) is 33.8. The molecular weight excluding hydrogens is 506 g/mol. The van der Waals surface area contributed by atoms with Crippen LogP contribution in [0.25, 0.3) is 15.9 Å². The molecule has 2 aromatic carbocycles. The summed E-state index contributed by atoms with van der Waals surface area (Å²) >= 11 is 2.77. The molecule has 0 spiro atoms. The molecule has 37 heavy (non-hydrogen) atoms. The Hall–Kier alpha value is -3.14. The third-order valence-corrected chi connectivity index (χ3v) is 8.63. The highest BCUT2D eigenvalue weighted by Crippen LogP contribution is 2.37. The predicted molar refractivity (Wildman–Crippen MR) is 149 cm³/mol. The summed E-state index contributed by atoms with van der Waals surface area (Å²) in [5.41, 5.74) is 2.30. The van der Waals surface area contributed by atoms with Gasteiger partial charge in [-0.3, -0.25) is 14.2 Å². The minimum Gasteiger partial charge on any atom is -0.497 e. The second-order valence-corrected chi connectivity index (χ2v) is 11.7. The number of thiophene rings is 1. The Balaban J connectivity index is 1.58. The fraction of sp³-hybridized carbons (Fsp3) is 0.321. The van der Waals surface area contributed by atoms with Crippen LogP contribution in [0.2, 0.25) is 0 Å². The molecular formula is C28H29N3O4S2. The number of anilines is 1. The van der Waals surface area contributed by atoms with Crippen molar-refractivity contribution in [1.29, 1.82) is 0 Å². The Labute approximate surface area is 223 Å². The van der Waals surface area contributed by atoms with Gasteiger partial charge in [0.15, 0.2) is 5.16 Å². The van der Waals surface area contributed by atoms with Gasteiger partial charge in [-0.1, -0.05) is 43.8 Å². The van der Waals surface area contributed by atoms with Gasteiger partial charge in [-0.25, -0.2) is 4.98 Å². The van der Waals surface area contributed by atoms with Crippen molar-refractivity contribution in [1.82, 2.24) is 9.55 Å². The first kappa shape index (κ1) is 25.5. The van der Waals surface area contributed by atoms with Crippen LogP contribution in [0, 0.1) is 5.92 Å². The quantitative estimate of drug-likeness (QED) is 0.242. The maximum atomic E-state index is 14.1. The van der Waals surface area contributed by atoms with Crippen molar-refractivity contribution in [2.45, 2.75) is 50.3 Å². The number of hydrogen-bond acceptors (Lipinski definition) is 7. The van der Waals surface area contributed by atoms with Crippen LogP contribution in [0.15, 0.2) is 64.5 Å². The molecule has 9 heteroatoms. The summed E-state index contributed by atoms with van der Waals surface area (Å²) in [5.74, 6) is 0.879. The van der Waals surface area contributed by atoms with Gasteiger partial charge in [0.1, 0.15) is 10.6 Å². The minimum atomic E-state index is -0.489. The summed E-state index contributed by atoms with van der Waals surface area (Å²) < 4.78 is 13.0. The van der Waals surface area contributed by atoms with Crippen molar-refractivity contribution < 1.29 is 14.3 Å². The predicted octanol–water partition coefficient (Wildman–Crippen LogP) is 5.67. The zero-order chi connectivity index (χ0) is 26.1. The summed E-state index contributed by atoms with van der Waals surface area (Å²) in [7, 11) is 1.61. The molecule has 5 rings (SSSR count). The average Bonchev–Trinajstić information content (AvgIpc) is 3.27. The van der Waals surface area contributed by atoms with Gasteiger partial charge >= 0.3 is 0 Å². The number of benzene rings is 2. The molecule has 1 aliphatic heterocycles. The van der Waals surface area contributed by atoms with Crippen molar-refractivity contribution in [3.05, 3.63) is 75.4 Å². The van der Waals surface area contributed by atoms with Gasteiger partial charge < -0.3 is 14.8 Å². The van der Waals surface area contributed by atoms with E-state index in [2.05, 4.69) is 19.2 Å². The lowest BCUT2D eigenvalue weighted by Gasteiger charge is -2.26. The van der Waals surface area contributed by atoms with Crippen molar-refractivity contribution in [2.75, 3.05) is 12.4 Å². The molecule has 0 saturated heterocycles. The van der Waals surface area contributed by atoms with Crippen LogP contribution in [0.3, 0.4) is 0 Å². The maximum absolute atomic E-state index is 14.1. The van der Waals surface area contributed by atoms with Gasteiger partial charge in [0, 0.05) is 17.0 Å². The molecule has 0 unspecified atom stereocenters. The van der Waals surface area contributed by atoms with E-state index in [1.54, 1.807) is 11.7 Å². The zero-order valence-corrected chi connectivity index (χ0v) is 22.8. The van der Waals surface area contributed by atoms with E-state index in [4.69, 9.17) is 14.5 Å². The molecule has 0 bridgehead atoms. The molecule has 0 saturated carbocycles. The van der Waals surface area contributed by atoms with Gasteiger partial charge in [-0.15, -0.1) is 11.3 Å². The third kappa shape index (κ3) is 5.16. The number of nitrogens with zero attached hydrogens (tertiary/aromatic N) is 2. The van der Waals surface area contributed by atoms with Crippen molar-refractivity contribution in [3.8, 4) is 11.4 Å². The Morgan fingerprint density at radius 1 is 1.16 bits per heavy atom. The molecule has 1 aliphatic rings. The first-order valence-electron chi connectivity index (χ1n) is 12.2. The molecule has 1 amide bonds. The van der Waals surface area contributed by atoms with Gasteiger partial charge in [0.05, 0.1) is 36.1 Å². The van der Waals surface area contributed by atoms with Crippen LogP contribution in [0.1, 0.15) is 31.2 Å². The summed E-state index contributed by atoms with van der Waals surface area (Å²) in [6, 6.07) is 16.6. The number of fused-ring (bicyclic) bond motifs is 3. The second-order valence-electron chi connectivity index (χ2n) is 9.33. The van der Waals surface area contributed by atoms with Crippen LogP contribution in [0.5, 0.6) is 5.75 Å². The monoisotopic (exact) mass is 535 g/mol. The van der Waals surface area contributed by atoms with E-state index in [9.17, 15) is 9.59 Å². The number of thioether (sulfide) groups is 1. The lowest BCUT2D eigenvalue weighted by molar-refractivity contribution is -0.115. The first-order chi connectivity index (χ1) is 17.9. The topological polar surface area (TPSA) is 82.5 Å². The SMILES string of the molecule is COc1ccc(-n2c(S[C@@H](C)C(=O)Nc3ccccc3)nc3sc4c(c3c2=O)C[C@@H](C(C)C)OC4)cc1. The second kappa shape index (κ2) is 10.7. The van der Waals surface area contributed by atoms with E-state index < -0.39 is 5.25 Å². The summed E-state index contributed by atoms with van der Waals surface area (Å²) in [6.45, 7) is 6.57. The van der Waals surface area contributed by atoms with Crippen LogP contribution >= 0.6 is 23.1 Å². The van der Waals surface area contributed by atoms with Crippen LogP contribution in [-0.2, 0) is 22.6 Å². The van der Waals surface area contributed by atoms with Crippen molar-refractivity contribution >= 4 is 44.9 Å². The maximum Gasteiger partial charge on any atom is 0.267 e. The normalized spacial score (nSPS) is 16.0. The molecule has 7 nitrogen and oxygen atoms in total. The average molecular weight is 536 g/mol. The van der Waals surface area contributed by atoms with Crippen molar-refractivity contribution in [2.24, 2.45) is 5.92 Å². The van der Waals surface area contributed by atoms with E-state index in [1.165, 1.54) is 23.1 Å². The Kier molecular flexibility index (Phi) is 7.37. The highest BCUT2D eigenvalue weighted by Gasteiger charge is 2.29. The van der Waals surface area contributed by atoms with E-state index in [1.807, 2.05) is 61.5 Å². The fourth-order valence-electron chi connectivity index (χ4n) is 4.35. The van der Waals surface area contributed by atoms with Crippen LogP contribution in [0.4, 0.5) is 5.69 Å². The summed E-state index contributed by atoms with van der Waals surface area (Å²) in [6.07, 6.45) is 0.754. The zero-order valence-electron chi connectivity index (χ0n) is 21.2. The van der Waals surface area contributed by atoms with Gasteiger partial charge in [-0.05, 0) is 54.8 Å². The van der Waals surface area contributed by atoms with E-state index in [0.717, 1.165) is 16.1 Å². The van der Waals surface area contributed by atoms with Gasteiger partial charge in [-0.2, -0.15) is 0 Å². The molecule has 0 aliphatic carbocycles. The Morgan fingerprint density at radius 2 is 1.89 bits per heavy atom. The smallest absolute Gasteiger partial charge is 0.267 e. The lowest BCUT2D eigenvalue weighted by atomic mass is 9.96. The van der Waals surface area contributed by atoms with Gasteiger partial charge in [0.25, 0.3) is 5.56 Å². The van der Waals surface area contributed by atoms with E-state index >= 15 is 0 Å². The van der Waals surface area contributed by atoms with Gasteiger partial charge in [0.2, 0.25) is 5.91 Å². The third-order valence-electron chi connectivity index (χ3n) is 6.48. The van der Waals surface area contributed by atoms with E-state index in [0.29, 0.717) is 45.8 Å². The van der Waals surface area contributed by atoms with Crippen LogP contribution < -0.4 is 15.6 Å². The number of amides is 1. The highest BCUT2D eigenvalue weighted by molar-refractivity contribution is 8.00. The minimum absolute atomic E-state index is 0.0647. The largest absolute Gasteiger partial charge is 0.497 e. The molecule has 0 fully saturated rings. The molecule has 2 aromatic heterocycles. The lowest BCUT2D eigenvalue weighted by Crippen LogP contribution is -2.29. The van der Waals surface area contributed by atoms with Crippen molar-refractivity contribution in [3.63, 3.8) is 0 Å². The molecule has 2 atom stereocenters. The number of hydrogen-bond donors (Lipinski definition) is 1. The molecule has 0 radical (unpaired) electrons. The standard InChI is InChI=1S/C28H29N3O4S2/c1-16(2)22-14-21-23(15-35-22)37-26-24(21)27(33)31(19-10-12-20(34-4)13-11-19)28(30-26)36-17(3)25(32)29-18-8-6-5-7-9-18/h5-13,16-17,22H,14-15H2,1-4H3,(H,29,32)/t17-,22-/m0/s1. The highest BCUT2D eigenvalue weighted by atomic mass is 32.2. The fourth-order valence-corrected chi connectivity index (χ4v) is 6.44. The first-order valence-corrected chi connectivity index (χ1v) is 13.9. The number of carbonyl (C=O) groups excluding carboxylic acids is 1. The summed E-state index contributed by atoms with van der Waals surface area (Å²) in [5, 5.41) is 3.57. The molecule has 1 N–H and O–H groups in total. The molecule has 3 heterocycles. The number of rotatable bonds is 7.